The SMILES string of the molecule is CC(=O)Nc1c(O)cccc1[As](=O)(O)O.N#Cc1cncs1. The van der Waals surface area contributed by atoms with Gasteiger partial charge in [0.25, 0.3) is 0 Å². The number of hydrogen-bond donors (Lipinski definition) is 4. The van der Waals surface area contributed by atoms with Gasteiger partial charge in [0.2, 0.25) is 0 Å². The van der Waals surface area contributed by atoms with Crippen molar-refractivity contribution in [3.05, 3.63) is 34.8 Å². The van der Waals surface area contributed by atoms with E-state index in [1.165, 1.54) is 36.5 Å². The maximum absolute atomic E-state index is 11.1. The molecule has 0 spiro atoms. The summed E-state index contributed by atoms with van der Waals surface area (Å²) < 4.78 is 28.8. The standard InChI is InChI=1S/C8H10AsNO5.C4H2N2S/c1-5(11)10-8-6(9(13,14)15)3-2-4-7(8)12;5-1-4-2-6-3-7-4/h2-4,12H,1H3,(H,10,11)(H2,13,14,15);2-3H. The summed E-state index contributed by atoms with van der Waals surface area (Å²) in [6.45, 7) is 1.18. The molecule has 8 nitrogen and oxygen atoms in total. The Morgan fingerprint density at radius 2 is 2.14 bits per heavy atom. The summed E-state index contributed by atoms with van der Waals surface area (Å²) >= 11 is -3.79. The number of hydrogen-bond acceptors (Lipinski definition) is 6. The normalized spacial score (nSPS) is 10.1. The number of nitrogens with one attached hydrogen (secondary N) is 1. The number of carbonyl (C=O) groups excluding carboxylic acids is 1. The van der Waals surface area contributed by atoms with Gasteiger partial charge in [0.1, 0.15) is 10.9 Å². The number of nitriles is 1. The first kappa shape index (κ1) is 17.9. The Labute approximate surface area is 132 Å². The second-order valence-electron chi connectivity index (χ2n) is 3.87. The summed E-state index contributed by atoms with van der Waals surface area (Å²) in [4.78, 5) is 15.1. The average molecular weight is 385 g/mol. The van der Waals surface area contributed by atoms with Crippen molar-refractivity contribution in [1.82, 2.24) is 4.98 Å². The number of aromatic hydroxyl groups is 1. The monoisotopic (exact) mass is 385 g/mol. The molecular formula is C12H12AsN3O5S. The van der Waals surface area contributed by atoms with E-state index in [2.05, 4.69) is 10.3 Å². The van der Waals surface area contributed by atoms with Crippen LogP contribution in [-0.4, -0.2) is 38.4 Å². The predicted molar refractivity (Wildman–Crippen MR) is 79.8 cm³/mol. The van der Waals surface area contributed by atoms with E-state index in [0.717, 1.165) is 0 Å². The number of rotatable bonds is 2. The zero-order chi connectivity index (χ0) is 16.8. The number of phenols is 1. The Bertz CT molecular complexity index is 736. The molecule has 116 valence electrons. The van der Waals surface area contributed by atoms with Crippen molar-refractivity contribution in [1.29, 1.82) is 5.26 Å². The van der Waals surface area contributed by atoms with Gasteiger partial charge in [-0.1, -0.05) is 0 Å². The Morgan fingerprint density at radius 3 is 2.55 bits per heavy atom. The van der Waals surface area contributed by atoms with Gasteiger partial charge in [-0.3, -0.25) is 4.98 Å². The molecule has 1 aromatic heterocycles. The number of carbonyl (C=O) groups is 1. The number of nitrogens with zero attached hydrogens (tertiary/aromatic N) is 2. The first-order valence-electron chi connectivity index (χ1n) is 5.70. The largest absolute Gasteiger partial charge is 0.252 e. The molecule has 0 atom stereocenters. The second kappa shape index (κ2) is 7.77. The summed E-state index contributed by atoms with van der Waals surface area (Å²) in [6, 6.07) is 5.67. The van der Waals surface area contributed by atoms with Crippen LogP contribution < -0.4 is 9.67 Å². The minimum absolute atomic E-state index is 0.225. The Balaban J connectivity index is 0.000000287. The number of thiazole rings is 1. The quantitative estimate of drug-likeness (QED) is 0.418. The second-order valence-corrected chi connectivity index (χ2v) is 8.05. The maximum atomic E-state index is 11.1. The van der Waals surface area contributed by atoms with Crippen molar-refractivity contribution in [3.63, 3.8) is 0 Å². The Kier molecular flexibility index (Phi) is 6.34. The molecule has 0 saturated heterocycles. The number of anilines is 1. The van der Waals surface area contributed by atoms with E-state index in [1.54, 1.807) is 11.7 Å². The van der Waals surface area contributed by atoms with Crippen molar-refractivity contribution in [3.8, 4) is 11.8 Å². The zero-order valence-corrected chi connectivity index (χ0v) is 14.0. The summed E-state index contributed by atoms with van der Waals surface area (Å²) in [6.07, 6.45) is 1.55. The first-order valence-corrected chi connectivity index (χ1v) is 9.96. The minimum Gasteiger partial charge on any atom is -0.252 e. The van der Waals surface area contributed by atoms with Gasteiger partial charge >= 0.3 is 88.1 Å². The zero-order valence-electron chi connectivity index (χ0n) is 11.3. The third kappa shape index (κ3) is 5.35. The third-order valence-electron chi connectivity index (χ3n) is 2.18. The minimum atomic E-state index is -5.14. The van der Waals surface area contributed by atoms with Crippen LogP contribution in [0.5, 0.6) is 5.75 Å². The van der Waals surface area contributed by atoms with E-state index in [1.807, 2.05) is 6.07 Å². The molecule has 4 N–H and O–H groups in total. The smallest absolute Gasteiger partial charge is 0.124 e. The van der Waals surface area contributed by atoms with Gasteiger partial charge in [0.15, 0.2) is 0 Å². The van der Waals surface area contributed by atoms with Crippen molar-refractivity contribution < 1.29 is 21.8 Å². The molecule has 1 heterocycles. The van der Waals surface area contributed by atoms with Crippen LogP contribution in [0, 0.1) is 11.3 Å². The summed E-state index contributed by atoms with van der Waals surface area (Å²) in [5, 5.41) is 19.7. The van der Waals surface area contributed by atoms with Gasteiger partial charge in [0, 0.05) is 0 Å². The summed E-state index contributed by atoms with van der Waals surface area (Å²) in [7, 11) is 0. The van der Waals surface area contributed by atoms with Gasteiger partial charge < -0.3 is 0 Å². The molecule has 22 heavy (non-hydrogen) atoms. The molecule has 0 fully saturated rings. The van der Waals surface area contributed by atoms with Gasteiger partial charge in [0.05, 0.1) is 11.7 Å². The number of para-hydroxylation sites is 1. The van der Waals surface area contributed by atoms with Gasteiger partial charge in [-0.05, 0) is 0 Å². The molecule has 2 rings (SSSR count). The fourth-order valence-electron chi connectivity index (χ4n) is 1.35. The molecule has 0 radical (unpaired) electrons. The molecule has 1 amide bonds. The van der Waals surface area contributed by atoms with Crippen LogP contribution in [0.3, 0.4) is 0 Å². The molecule has 0 unspecified atom stereocenters. The van der Waals surface area contributed by atoms with Crippen LogP contribution in [-0.2, 0) is 8.53 Å². The van der Waals surface area contributed by atoms with Crippen molar-refractivity contribution in [2.75, 3.05) is 5.32 Å². The molecule has 0 aliphatic heterocycles. The van der Waals surface area contributed by atoms with Crippen molar-refractivity contribution in [2.24, 2.45) is 0 Å². The van der Waals surface area contributed by atoms with Crippen molar-refractivity contribution >= 4 is 41.5 Å². The van der Waals surface area contributed by atoms with Crippen LogP contribution in [0.1, 0.15) is 11.8 Å². The van der Waals surface area contributed by atoms with Gasteiger partial charge in [-0.2, -0.15) is 5.26 Å². The number of benzene rings is 1. The van der Waals surface area contributed by atoms with E-state index < -0.39 is 20.1 Å². The molecule has 0 bridgehead atoms. The molecule has 1 aromatic carbocycles. The summed E-state index contributed by atoms with van der Waals surface area (Å²) in [5.74, 6) is -0.880. The van der Waals surface area contributed by atoms with Crippen LogP contribution in [0.15, 0.2) is 29.9 Å². The molecule has 0 saturated carbocycles. The van der Waals surface area contributed by atoms with Crippen LogP contribution in [0.25, 0.3) is 0 Å². The number of phenolic OH excluding ortho intramolecular Hbond substituents is 1. The summed E-state index contributed by atoms with van der Waals surface area (Å²) in [5.41, 5.74) is 1.41. The fourth-order valence-corrected chi connectivity index (χ4v) is 3.31. The molecule has 0 aliphatic rings. The van der Waals surface area contributed by atoms with E-state index in [4.69, 9.17) is 13.5 Å². The number of amides is 1. The fraction of sp³-hybridized carbons (Fsp3) is 0.0833. The van der Waals surface area contributed by atoms with Gasteiger partial charge in [-0.25, -0.2) is 0 Å². The van der Waals surface area contributed by atoms with E-state index in [0.29, 0.717) is 4.88 Å². The molecule has 10 heteroatoms. The van der Waals surface area contributed by atoms with Crippen LogP contribution in [0.2, 0.25) is 0 Å². The molecule has 0 aliphatic carbocycles. The van der Waals surface area contributed by atoms with E-state index >= 15 is 0 Å². The predicted octanol–water partition coefficient (Wildman–Crippen LogP) is -0.0736. The first-order chi connectivity index (χ1) is 10.3. The molecular weight excluding hydrogens is 373 g/mol. The van der Waals surface area contributed by atoms with Gasteiger partial charge in [-0.15, -0.1) is 11.3 Å². The van der Waals surface area contributed by atoms with E-state index in [-0.39, 0.29) is 15.8 Å². The van der Waals surface area contributed by atoms with Crippen molar-refractivity contribution in [2.45, 2.75) is 6.92 Å². The maximum Gasteiger partial charge on any atom is 0.124 e. The third-order valence-corrected chi connectivity index (χ3v) is 4.95. The Morgan fingerprint density at radius 1 is 1.45 bits per heavy atom. The van der Waals surface area contributed by atoms with Crippen LogP contribution >= 0.6 is 11.3 Å². The molecule has 2 aromatic rings. The topological polar surface area (TPSA) is 144 Å². The van der Waals surface area contributed by atoms with E-state index in [9.17, 15) is 13.6 Å². The Hall–Kier alpha value is -2.11. The number of aromatic nitrogens is 1. The van der Waals surface area contributed by atoms with Crippen LogP contribution in [0.4, 0.5) is 5.69 Å². The average Bonchev–Trinajstić information content (AvgIpc) is 2.93.